The summed E-state index contributed by atoms with van der Waals surface area (Å²) in [4.78, 5) is 10.7. The number of rotatable bonds is 5. The Hall–Kier alpha value is -2.27. The summed E-state index contributed by atoms with van der Waals surface area (Å²) < 4.78 is 18.8. The smallest absolute Gasteiger partial charge is 0.338 e. The van der Waals surface area contributed by atoms with Crippen molar-refractivity contribution in [1.82, 2.24) is 0 Å². The molecule has 0 spiro atoms. The highest BCUT2D eigenvalue weighted by Gasteiger charge is 2.11. The topological polar surface area (TPSA) is 58.6 Å². The Morgan fingerprint density at radius 2 is 2.14 bits per heavy atom. The Morgan fingerprint density at radius 3 is 2.76 bits per heavy atom. The minimum atomic E-state index is -1.30. The molecule has 0 fully saturated rings. The van der Waals surface area contributed by atoms with E-state index in [2.05, 4.69) is 5.32 Å². The lowest BCUT2D eigenvalue weighted by atomic mass is 10.1. The van der Waals surface area contributed by atoms with Gasteiger partial charge in [-0.2, -0.15) is 0 Å². The van der Waals surface area contributed by atoms with E-state index in [-0.39, 0.29) is 5.56 Å². The van der Waals surface area contributed by atoms with Gasteiger partial charge in [-0.15, -0.1) is 0 Å². The van der Waals surface area contributed by atoms with Gasteiger partial charge < -0.3 is 15.2 Å². The number of methoxy groups -OCH3 is 1. The van der Waals surface area contributed by atoms with Gasteiger partial charge in [0.2, 0.25) is 0 Å². The molecule has 0 unspecified atom stereocenters. The predicted molar refractivity (Wildman–Crippen MR) is 78.7 cm³/mol. The Balaban J connectivity index is 2.17. The molecule has 0 atom stereocenters. The Morgan fingerprint density at radius 1 is 1.38 bits per heavy atom. The van der Waals surface area contributed by atoms with E-state index in [0.29, 0.717) is 23.0 Å². The fourth-order valence-corrected chi connectivity index (χ4v) is 2.12. The highest BCUT2D eigenvalue weighted by Crippen LogP contribution is 2.27. The van der Waals surface area contributed by atoms with E-state index in [4.69, 9.17) is 21.4 Å². The van der Waals surface area contributed by atoms with E-state index in [1.165, 1.54) is 19.2 Å². The third-order valence-corrected chi connectivity index (χ3v) is 3.32. The van der Waals surface area contributed by atoms with Crippen LogP contribution in [0.2, 0.25) is 5.02 Å². The summed E-state index contributed by atoms with van der Waals surface area (Å²) in [5.41, 5.74) is 0.833. The lowest BCUT2D eigenvalue weighted by Crippen LogP contribution is -2.05. The maximum atomic E-state index is 13.6. The highest BCUT2D eigenvalue weighted by molar-refractivity contribution is 6.31. The SMILES string of the molecule is COc1cccc(Cl)c1CNc1ccc(C(=O)O)c(F)c1. The number of anilines is 1. The highest BCUT2D eigenvalue weighted by atomic mass is 35.5. The van der Waals surface area contributed by atoms with Crippen molar-refractivity contribution in [2.75, 3.05) is 12.4 Å². The van der Waals surface area contributed by atoms with Crippen LogP contribution < -0.4 is 10.1 Å². The second-order valence-electron chi connectivity index (χ2n) is 4.27. The van der Waals surface area contributed by atoms with Gasteiger partial charge in [0.1, 0.15) is 11.6 Å². The van der Waals surface area contributed by atoms with Crippen LogP contribution >= 0.6 is 11.6 Å². The summed E-state index contributed by atoms with van der Waals surface area (Å²) in [7, 11) is 1.54. The Labute approximate surface area is 126 Å². The fourth-order valence-electron chi connectivity index (χ4n) is 1.89. The first-order chi connectivity index (χ1) is 10.0. The summed E-state index contributed by atoms with van der Waals surface area (Å²) in [6, 6.07) is 9.12. The number of carboxylic acid groups (broad SMARTS) is 1. The molecule has 0 radical (unpaired) electrons. The van der Waals surface area contributed by atoms with Gasteiger partial charge >= 0.3 is 5.97 Å². The monoisotopic (exact) mass is 309 g/mol. The van der Waals surface area contributed by atoms with Crippen LogP contribution in [0, 0.1) is 5.82 Å². The number of carboxylic acids is 1. The Bertz CT molecular complexity index is 676. The number of hydrogen-bond donors (Lipinski definition) is 2. The molecular weight excluding hydrogens is 297 g/mol. The van der Waals surface area contributed by atoms with Crippen LogP contribution in [-0.4, -0.2) is 18.2 Å². The number of halogens is 2. The molecule has 0 amide bonds. The number of carbonyl (C=O) groups is 1. The summed E-state index contributed by atoms with van der Waals surface area (Å²) in [6.07, 6.45) is 0. The van der Waals surface area contributed by atoms with Crippen molar-refractivity contribution >= 4 is 23.3 Å². The van der Waals surface area contributed by atoms with Crippen LogP contribution in [0.3, 0.4) is 0 Å². The predicted octanol–water partition coefficient (Wildman–Crippen LogP) is 3.80. The van der Waals surface area contributed by atoms with Gasteiger partial charge in [0, 0.05) is 22.8 Å². The van der Waals surface area contributed by atoms with Gasteiger partial charge in [0.05, 0.1) is 12.7 Å². The molecule has 110 valence electrons. The van der Waals surface area contributed by atoms with Crippen LogP contribution in [0.15, 0.2) is 36.4 Å². The van der Waals surface area contributed by atoms with Crippen molar-refractivity contribution < 1.29 is 19.0 Å². The van der Waals surface area contributed by atoms with Crippen LogP contribution in [0.5, 0.6) is 5.75 Å². The second-order valence-corrected chi connectivity index (χ2v) is 4.68. The zero-order chi connectivity index (χ0) is 15.4. The van der Waals surface area contributed by atoms with Gasteiger partial charge in [-0.05, 0) is 30.3 Å². The van der Waals surface area contributed by atoms with Crippen LogP contribution in [0.1, 0.15) is 15.9 Å². The zero-order valence-electron chi connectivity index (χ0n) is 11.2. The van der Waals surface area contributed by atoms with Gasteiger partial charge in [-0.25, -0.2) is 9.18 Å². The molecule has 0 saturated heterocycles. The second kappa shape index (κ2) is 6.45. The number of aromatic carboxylic acids is 1. The lowest BCUT2D eigenvalue weighted by Gasteiger charge is -2.12. The van der Waals surface area contributed by atoms with E-state index in [1.807, 2.05) is 0 Å². The maximum Gasteiger partial charge on any atom is 0.338 e. The molecular formula is C15H13ClFNO3. The number of hydrogen-bond acceptors (Lipinski definition) is 3. The van der Waals surface area contributed by atoms with E-state index >= 15 is 0 Å². The van der Waals surface area contributed by atoms with Crippen molar-refractivity contribution in [3.8, 4) is 5.75 Å². The molecule has 21 heavy (non-hydrogen) atoms. The van der Waals surface area contributed by atoms with E-state index in [1.54, 1.807) is 18.2 Å². The molecule has 2 N–H and O–H groups in total. The van der Waals surface area contributed by atoms with E-state index in [0.717, 1.165) is 11.6 Å². The van der Waals surface area contributed by atoms with Crippen LogP contribution in [0.4, 0.5) is 10.1 Å². The minimum Gasteiger partial charge on any atom is -0.496 e. The van der Waals surface area contributed by atoms with Crippen LogP contribution in [-0.2, 0) is 6.54 Å². The van der Waals surface area contributed by atoms with Gasteiger partial charge in [-0.3, -0.25) is 0 Å². The molecule has 0 aliphatic carbocycles. The molecule has 0 bridgehead atoms. The summed E-state index contributed by atoms with van der Waals surface area (Å²) in [6.45, 7) is 0.328. The molecule has 0 aromatic heterocycles. The third kappa shape index (κ3) is 3.44. The molecule has 0 aliphatic heterocycles. The lowest BCUT2D eigenvalue weighted by molar-refractivity contribution is 0.0692. The van der Waals surface area contributed by atoms with Crippen molar-refractivity contribution in [3.63, 3.8) is 0 Å². The number of nitrogens with one attached hydrogen (secondary N) is 1. The largest absolute Gasteiger partial charge is 0.496 e. The van der Waals surface area contributed by atoms with Gasteiger partial charge in [0.25, 0.3) is 0 Å². The average Bonchev–Trinajstić information content (AvgIpc) is 2.45. The van der Waals surface area contributed by atoms with Crippen molar-refractivity contribution in [1.29, 1.82) is 0 Å². The fraction of sp³-hybridized carbons (Fsp3) is 0.133. The first kappa shape index (κ1) is 15.1. The molecule has 0 heterocycles. The first-order valence-corrected chi connectivity index (χ1v) is 6.49. The van der Waals surface area contributed by atoms with Gasteiger partial charge in [-0.1, -0.05) is 17.7 Å². The van der Waals surface area contributed by atoms with Crippen molar-refractivity contribution in [2.45, 2.75) is 6.54 Å². The molecule has 0 saturated carbocycles. The average molecular weight is 310 g/mol. The number of benzene rings is 2. The first-order valence-electron chi connectivity index (χ1n) is 6.11. The molecule has 2 aromatic rings. The molecule has 6 heteroatoms. The summed E-state index contributed by atoms with van der Waals surface area (Å²) >= 11 is 6.10. The maximum absolute atomic E-state index is 13.6. The number of ether oxygens (including phenoxy) is 1. The Kier molecular flexibility index (Phi) is 4.65. The van der Waals surface area contributed by atoms with Crippen molar-refractivity contribution in [3.05, 3.63) is 58.4 Å². The quantitative estimate of drug-likeness (QED) is 0.882. The third-order valence-electron chi connectivity index (χ3n) is 2.96. The summed E-state index contributed by atoms with van der Waals surface area (Å²) in [5, 5.41) is 12.3. The normalized spacial score (nSPS) is 10.2. The summed E-state index contributed by atoms with van der Waals surface area (Å²) in [5.74, 6) is -1.47. The molecule has 2 aromatic carbocycles. The van der Waals surface area contributed by atoms with Crippen molar-refractivity contribution in [2.24, 2.45) is 0 Å². The molecule has 4 nitrogen and oxygen atoms in total. The molecule has 2 rings (SSSR count). The van der Waals surface area contributed by atoms with Gasteiger partial charge in [0.15, 0.2) is 0 Å². The van der Waals surface area contributed by atoms with E-state index < -0.39 is 11.8 Å². The van der Waals surface area contributed by atoms with E-state index in [9.17, 15) is 9.18 Å². The standard InChI is InChI=1S/C15H13ClFNO3/c1-21-14-4-2-3-12(16)11(14)8-18-9-5-6-10(15(19)20)13(17)7-9/h2-7,18H,8H2,1H3,(H,19,20). The van der Waals surface area contributed by atoms with Crippen LogP contribution in [0.25, 0.3) is 0 Å². The zero-order valence-corrected chi connectivity index (χ0v) is 11.9. The minimum absolute atomic E-state index is 0.328. The molecule has 0 aliphatic rings.